The van der Waals surface area contributed by atoms with E-state index in [4.69, 9.17) is 4.74 Å². The van der Waals surface area contributed by atoms with Crippen molar-refractivity contribution in [2.75, 3.05) is 18.5 Å². The third-order valence-electron chi connectivity index (χ3n) is 4.53. The van der Waals surface area contributed by atoms with Gasteiger partial charge in [0.15, 0.2) is 6.61 Å². The Morgan fingerprint density at radius 2 is 1.79 bits per heavy atom. The molecule has 0 radical (unpaired) electrons. The first-order valence-corrected chi connectivity index (χ1v) is 10.7. The molecule has 1 aliphatic rings. The lowest BCUT2D eigenvalue weighted by atomic mass is 10.1. The molecule has 2 N–H and O–H groups in total. The van der Waals surface area contributed by atoms with Crippen molar-refractivity contribution in [3.63, 3.8) is 0 Å². The fraction of sp³-hybridized carbons (Fsp3) is 0.238. The number of carbonyl (C=O) groups is 2. The van der Waals surface area contributed by atoms with Crippen molar-refractivity contribution in [3.8, 4) is 0 Å². The van der Waals surface area contributed by atoms with Gasteiger partial charge in [-0.2, -0.15) is 0 Å². The summed E-state index contributed by atoms with van der Waals surface area (Å²) in [5.74, 6) is -1.15. The van der Waals surface area contributed by atoms with Crippen LogP contribution in [0.1, 0.15) is 27.9 Å². The molecule has 1 amide bonds. The minimum Gasteiger partial charge on any atom is -0.452 e. The van der Waals surface area contributed by atoms with E-state index in [-0.39, 0.29) is 17.0 Å². The van der Waals surface area contributed by atoms with Gasteiger partial charge in [0.05, 0.1) is 10.5 Å². The van der Waals surface area contributed by atoms with Gasteiger partial charge in [-0.3, -0.25) is 4.79 Å². The minimum absolute atomic E-state index is 0.0188. The molecule has 2 aromatic rings. The van der Waals surface area contributed by atoms with Crippen LogP contribution in [0.15, 0.2) is 60.0 Å². The molecule has 8 heteroatoms. The molecule has 3 rings (SSSR count). The van der Waals surface area contributed by atoms with Gasteiger partial charge in [0.25, 0.3) is 5.91 Å². The van der Waals surface area contributed by atoms with Gasteiger partial charge in [-0.15, -0.1) is 6.58 Å². The van der Waals surface area contributed by atoms with E-state index in [1.807, 2.05) is 18.2 Å². The lowest BCUT2D eigenvalue weighted by Gasteiger charge is -2.09. The van der Waals surface area contributed by atoms with Crippen LogP contribution < -0.4 is 10.0 Å². The fourth-order valence-electron chi connectivity index (χ4n) is 3.08. The van der Waals surface area contributed by atoms with Crippen LogP contribution in [-0.2, 0) is 32.4 Å². The van der Waals surface area contributed by atoms with E-state index >= 15 is 0 Å². The Kier molecular flexibility index (Phi) is 6.46. The molecule has 0 atom stereocenters. The molecule has 0 aromatic heterocycles. The predicted molar refractivity (Wildman–Crippen MR) is 109 cm³/mol. The van der Waals surface area contributed by atoms with Crippen LogP contribution in [0.4, 0.5) is 5.69 Å². The summed E-state index contributed by atoms with van der Waals surface area (Å²) in [5.41, 5.74) is 3.36. The Bertz CT molecular complexity index is 1030. The molecule has 2 aromatic carbocycles. The van der Waals surface area contributed by atoms with Gasteiger partial charge in [0.1, 0.15) is 0 Å². The number of benzene rings is 2. The number of esters is 1. The molecule has 0 aliphatic heterocycles. The third-order valence-corrected chi connectivity index (χ3v) is 5.97. The van der Waals surface area contributed by atoms with Gasteiger partial charge < -0.3 is 10.1 Å². The number of sulfonamides is 1. The predicted octanol–water partition coefficient (Wildman–Crippen LogP) is 2.44. The van der Waals surface area contributed by atoms with E-state index in [9.17, 15) is 18.0 Å². The first-order valence-electron chi connectivity index (χ1n) is 9.18. The minimum atomic E-state index is -3.67. The van der Waals surface area contributed by atoms with Crippen molar-refractivity contribution in [2.45, 2.75) is 24.2 Å². The van der Waals surface area contributed by atoms with Crippen LogP contribution >= 0.6 is 0 Å². The normalized spacial score (nSPS) is 12.8. The van der Waals surface area contributed by atoms with Crippen molar-refractivity contribution in [2.24, 2.45) is 0 Å². The van der Waals surface area contributed by atoms with E-state index in [1.54, 1.807) is 0 Å². The zero-order valence-corrected chi connectivity index (χ0v) is 16.6. The number of ether oxygens (including phenoxy) is 1. The van der Waals surface area contributed by atoms with Crippen LogP contribution in [0.3, 0.4) is 0 Å². The maximum absolute atomic E-state index is 12.1. The van der Waals surface area contributed by atoms with Crippen LogP contribution in [0.2, 0.25) is 0 Å². The first kappa shape index (κ1) is 20.8. The molecular weight excluding hydrogens is 392 g/mol. The summed E-state index contributed by atoms with van der Waals surface area (Å²) in [5, 5.41) is 2.72. The molecule has 0 fully saturated rings. The smallest absolute Gasteiger partial charge is 0.338 e. The van der Waals surface area contributed by atoms with Gasteiger partial charge in [-0.05, 0) is 66.8 Å². The summed E-state index contributed by atoms with van der Waals surface area (Å²) in [6, 6.07) is 11.1. The molecule has 0 heterocycles. The molecular formula is C21H22N2O5S. The van der Waals surface area contributed by atoms with Gasteiger partial charge in [-0.1, -0.05) is 12.1 Å². The number of rotatable bonds is 8. The molecule has 0 unspecified atom stereocenters. The van der Waals surface area contributed by atoms with E-state index in [0.29, 0.717) is 5.69 Å². The van der Waals surface area contributed by atoms with Crippen molar-refractivity contribution < 1.29 is 22.7 Å². The highest BCUT2D eigenvalue weighted by molar-refractivity contribution is 7.89. The highest BCUT2D eigenvalue weighted by atomic mass is 32.2. The number of fused-ring (bicyclic) bond motifs is 1. The lowest BCUT2D eigenvalue weighted by Crippen LogP contribution is -2.23. The number of hydrogen-bond acceptors (Lipinski definition) is 5. The molecule has 0 saturated carbocycles. The van der Waals surface area contributed by atoms with E-state index in [1.165, 1.54) is 41.5 Å². The van der Waals surface area contributed by atoms with Gasteiger partial charge >= 0.3 is 5.97 Å². The second-order valence-corrected chi connectivity index (χ2v) is 8.39. The standard InChI is InChI=1S/C21H22N2O5S/c1-2-12-22-29(26,27)19-10-7-16(8-11-19)21(25)28-14-20(24)23-18-9-6-15-4-3-5-17(15)13-18/h2,6-11,13,22H,1,3-5,12,14H2,(H,23,24). The molecule has 7 nitrogen and oxygen atoms in total. The van der Waals surface area contributed by atoms with Gasteiger partial charge in [0.2, 0.25) is 10.0 Å². The van der Waals surface area contributed by atoms with Gasteiger partial charge in [0, 0.05) is 12.2 Å². The summed E-state index contributed by atoms with van der Waals surface area (Å²) >= 11 is 0. The lowest BCUT2D eigenvalue weighted by molar-refractivity contribution is -0.119. The van der Waals surface area contributed by atoms with Crippen molar-refractivity contribution in [1.29, 1.82) is 0 Å². The number of anilines is 1. The molecule has 29 heavy (non-hydrogen) atoms. The summed E-state index contributed by atoms with van der Waals surface area (Å²) in [6.45, 7) is 3.12. The second-order valence-electron chi connectivity index (χ2n) is 6.63. The Morgan fingerprint density at radius 3 is 2.52 bits per heavy atom. The monoisotopic (exact) mass is 414 g/mol. The van der Waals surface area contributed by atoms with Gasteiger partial charge in [-0.25, -0.2) is 17.9 Å². The number of amides is 1. The fourth-order valence-corrected chi connectivity index (χ4v) is 4.08. The van der Waals surface area contributed by atoms with E-state index in [2.05, 4.69) is 16.6 Å². The maximum atomic E-state index is 12.1. The molecule has 0 saturated heterocycles. The quantitative estimate of drug-likeness (QED) is 0.510. The summed E-state index contributed by atoms with van der Waals surface area (Å²) < 4.78 is 31.4. The number of nitrogens with one attached hydrogen (secondary N) is 2. The highest BCUT2D eigenvalue weighted by Crippen LogP contribution is 2.24. The van der Waals surface area contributed by atoms with E-state index in [0.717, 1.165) is 19.3 Å². The topological polar surface area (TPSA) is 102 Å². The number of hydrogen-bond donors (Lipinski definition) is 2. The zero-order chi connectivity index (χ0) is 20.9. The van der Waals surface area contributed by atoms with Crippen molar-refractivity contribution >= 4 is 27.6 Å². The molecule has 0 spiro atoms. The van der Waals surface area contributed by atoms with E-state index < -0.39 is 28.5 Å². The molecule has 0 bridgehead atoms. The Morgan fingerprint density at radius 1 is 1.07 bits per heavy atom. The SMILES string of the molecule is C=CCNS(=O)(=O)c1ccc(C(=O)OCC(=O)Nc2ccc3c(c2)CCC3)cc1. The number of aryl methyl sites for hydroxylation is 2. The van der Waals surface area contributed by atoms with Crippen molar-refractivity contribution in [1.82, 2.24) is 4.72 Å². The summed E-state index contributed by atoms with van der Waals surface area (Å²) in [7, 11) is -3.67. The Balaban J connectivity index is 1.53. The average molecular weight is 414 g/mol. The van der Waals surface area contributed by atoms with Crippen LogP contribution in [0.5, 0.6) is 0 Å². The summed E-state index contributed by atoms with van der Waals surface area (Å²) in [4.78, 5) is 24.2. The first-order chi connectivity index (χ1) is 13.9. The van der Waals surface area contributed by atoms with Crippen LogP contribution in [0, 0.1) is 0 Å². The zero-order valence-electron chi connectivity index (χ0n) is 15.8. The number of carbonyl (C=O) groups excluding carboxylic acids is 2. The molecule has 1 aliphatic carbocycles. The maximum Gasteiger partial charge on any atom is 0.338 e. The van der Waals surface area contributed by atoms with Crippen LogP contribution in [-0.4, -0.2) is 33.4 Å². The Labute approximate surface area is 169 Å². The average Bonchev–Trinajstić information content (AvgIpc) is 3.18. The highest BCUT2D eigenvalue weighted by Gasteiger charge is 2.16. The second kappa shape index (κ2) is 9.02. The molecule has 152 valence electrons. The largest absolute Gasteiger partial charge is 0.452 e. The van der Waals surface area contributed by atoms with Crippen LogP contribution in [0.25, 0.3) is 0 Å². The Hall–Kier alpha value is -2.97. The van der Waals surface area contributed by atoms with Crippen molar-refractivity contribution in [3.05, 3.63) is 71.8 Å². The third kappa shape index (κ3) is 5.30. The summed E-state index contributed by atoms with van der Waals surface area (Å²) in [6.07, 6.45) is 4.61.